The van der Waals surface area contributed by atoms with E-state index in [1.165, 1.54) is 22.4 Å². The van der Waals surface area contributed by atoms with E-state index in [1.807, 2.05) is 24.3 Å². The second-order valence-corrected chi connectivity index (χ2v) is 7.46. The third kappa shape index (κ3) is 2.42. The van der Waals surface area contributed by atoms with Gasteiger partial charge in [-0.3, -0.25) is 9.10 Å². The van der Waals surface area contributed by atoms with Gasteiger partial charge in [-0.1, -0.05) is 24.3 Å². The number of ketones is 1. The SMILES string of the molecule is CC(=O)CN(c1ccc2c3c(cccc13)CC2)S(C)(=O)=O. The number of rotatable bonds is 4. The van der Waals surface area contributed by atoms with Crippen LogP contribution in [0.25, 0.3) is 10.8 Å². The first-order valence-electron chi connectivity index (χ1n) is 6.88. The van der Waals surface area contributed by atoms with Crippen molar-refractivity contribution >= 4 is 32.3 Å². The minimum atomic E-state index is -3.50. The van der Waals surface area contributed by atoms with Gasteiger partial charge in [-0.25, -0.2) is 8.42 Å². The zero-order chi connectivity index (χ0) is 15.2. The molecule has 0 atom stereocenters. The molecule has 0 saturated heterocycles. The third-order valence-corrected chi connectivity index (χ3v) is 5.02. The summed E-state index contributed by atoms with van der Waals surface area (Å²) < 4.78 is 25.3. The van der Waals surface area contributed by atoms with Crippen molar-refractivity contribution in [1.82, 2.24) is 0 Å². The first kappa shape index (κ1) is 14.1. The Kier molecular flexibility index (Phi) is 3.24. The molecule has 21 heavy (non-hydrogen) atoms. The molecule has 1 aliphatic carbocycles. The van der Waals surface area contributed by atoms with Gasteiger partial charge in [0.25, 0.3) is 0 Å². The van der Waals surface area contributed by atoms with Crippen LogP contribution in [0.5, 0.6) is 0 Å². The number of hydrogen-bond acceptors (Lipinski definition) is 3. The molecule has 0 spiro atoms. The minimum Gasteiger partial charge on any atom is -0.298 e. The van der Waals surface area contributed by atoms with Crippen molar-refractivity contribution < 1.29 is 13.2 Å². The number of carbonyl (C=O) groups is 1. The molecular weight excluding hydrogens is 286 g/mol. The predicted molar refractivity (Wildman–Crippen MR) is 84.2 cm³/mol. The lowest BCUT2D eigenvalue weighted by molar-refractivity contribution is -0.115. The van der Waals surface area contributed by atoms with Crippen LogP contribution in [0.3, 0.4) is 0 Å². The van der Waals surface area contributed by atoms with Gasteiger partial charge in [0, 0.05) is 5.39 Å². The summed E-state index contributed by atoms with van der Waals surface area (Å²) in [5.74, 6) is -0.177. The fraction of sp³-hybridized carbons (Fsp3) is 0.312. The maximum Gasteiger partial charge on any atom is 0.232 e. The molecule has 0 unspecified atom stereocenters. The highest BCUT2D eigenvalue weighted by Gasteiger charge is 2.24. The first-order valence-corrected chi connectivity index (χ1v) is 8.73. The molecule has 0 N–H and O–H groups in total. The normalized spacial score (nSPS) is 13.6. The van der Waals surface area contributed by atoms with E-state index in [4.69, 9.17) is 0 Å². The van der Waals surface area contributed by atoms with Crippen LogP contribution >= 0.6 is 0 Å². The van der Waals surface area contributed by atoms with Crippen molar-refractivity contribution in [1.29, 1.82) is 0 Å². The lowest BCUT2D eigenvalue weighted by atomic mass is 10.0. The fourth-order valence-electron chi connectivity index (χ4n) is 3.03. The molecule has 0 aliphatic heterocycles. The predicted octanol–water partition coefficient (Wildman–Crippen LogP) is 2.29. The van der Waals surface area contributed by atoms with E-state index in [9.17, 15) is 13.2 Å². The molecule has 3 rings (SSSR count). The number of Topliss-reactive ketones (excluding diaryl/α,β-unsaturated/α-hetero) is 1. The molecule has 0 heterocycles. The van der Waals surface area contributed by atoms with Crippen molar-refractivity contribution in [3.05, 3.63) is 41.5 Å². The lowest BCUT2D eigenvalue weighted by Gasteiger charge is -2.23. The van der Waals surface area contributed by atoms with E-state index in [0.717, 1.165) is 29.9 Å². The summed E-state index contributed by atoms with van der Waals surface area (Å²) in [6, 6.07) is 9.76. The second-order valence-electron chi connectivity index (χ2n) is 5.56. The van der Waals surface area contributed by atoms with E-state index in [0.29, 0.717) is 5.69 Å². The lowest BCUT2D eigenvalue weighted by Crippen LogP contribution is -2.34. The number of anilines is 1. The zero-order valence-corrected chi connectivity index (χ0v) is 12.9. The van der Waals surface area contributed by atoms with Gasteiger partial charge >= 0.3 is 0 Å². The summed E-state index contributed by atoms with van der Waals surface area (Å²) in [5, 5.41) is 2.06. The van der Waals surface area contributed by atoms with Crippen molar-refractivity contribution in [3.8, 4) is 0 Å². The Hall–Kier alpha value is -1.88. The first-order chi connectivity index (χ1) is 9.88. The van der Waals surface area contributed by atoms with Gasteiger partial charge in [0.1, 0.15) is 5.78 Å². The Morgan fingerprint density at radius 1 is 1.14 bits per heavy atom. The van der Waals surface area contributed by atoms with E-state index in [2.05, 4.69) is 6.07 Å². The van der Waals surface area contributed by atoms with Crippen LogP contribution in [0.2, 0.25) is 0 Å². The van der Waals surface area contributed by atoms with Crippen molar-refractivity contribution in [2.75, 3.05) is 17.1 Å². The molecule has 0 bridgehead atoms. The zero-order valence-electron chi connectivity index (χ0n) is 12.1. The monoisotopic (exact) mass is 303 g/mol. The molecule has 2 aromatic rings. The number of benzene rings is 2. The highest BCUT2D eigenvalue weighted by atomic mass is 32.2. The Morgan fingerprint density at radius 2 is 1.81 bits per heavy atom. The van der Waals surface area contributed by atoms with Crippen molar-refractivity contribution in [2.45, 2.75) is 19.8 Å². The average molecular weight is 303 g/mol. The minimum absolute atomic E-state index is 0.127. The van der Waals surface area contributed by atoms with Gasteiger partial charge in [0.05, 0.1) is 18.5 Å². The molecule has 0 aromatic heterocycles. The van der Waals surface area contributed by atoms with E-state index in [-0.39, 0.29) is 12.3 Å². The molecule has 4 nitrogen and oxygen atoms in total. The largest absolute Gasteiger partial charge is 0.298 e. The maximum atomic E-state index is 12.1. The smallest absolute Gasteiger partial charge is 0.232 e. The highest BCUT2D eigenvalue weighted by molar-refractivity contribution is 7.92. The molecule has 2 aromatic carbocycles. The molecular formula is C16H17NO3S. The van der Waals surface area contributed by atoms with Gasteiger partial charge in [0.15, 0.2) is 0 Å². The van der Waals surface area contributed by atoms with Gasteiger partial charge in [-0.15, -0.1) is 0 Å². The van der Waals surface area contributed by atoms with E-state index < -0.39 is 10.0 Å². The summed E-state index contributed by atoms with van der Waals surface area (Å²) >= 11 is 0. The number of aryl methyl sites for hydroxylation is 2. The summed E-state index contributed by atoms with van der Waals surface area (Å²) in [6.45, 7) is 1.27. The number of carbonyl (C=O) groups excluding carboxylic acids is 1. The third-order valence-electron chi connectivity index (χ3n) is 3.89. The molecule has 1 aliphatic rings. The van der Waals surface area contributed by atoms with Crippen molar-refractivity contribution in [2.24, 2.45) is 0 Å². The average Bonchev–Trinajstić information content (AvgIpc) is 2.81. The fourth-order valence-corrected chi connectivity index (χ4v) is 3.97. The van der Waals surface area contributed by atoms with Crippen LogP contribution in [0.1, 0.15) is 18.1 Å². The molecule has 0 saturated carbocycles. The van der Waals surface area contributed by atoms with Crippen LogP contribution in [0, 0.1) is 0 Å². The van der Waals surface area contributed by atoms with Gasteiger partial charge in [-0.05, 0) is 42.3 Å². The summed E-state index contributed by atoms with van der Waals surface area (Å²) in [6.07, 6.45) is 3.11. The molecule has 0 fully saturated rings. The quantitative estimate of drug-likeness (QED) is 0.871. The number of sulfonamides is 1. The van der Waals surface area contributed by atoms with Crippen LogP contribution in [0.15, 0.2) is 30.3 Å². The van der Waals surface area contributed by atoms with Crippen LogP contribution < -0.4 is 4.31 Å². The molecule has 0 radical (unpaired) electrons. The standard InChI is InChI=1S/C16H17NO3S/c1-11(18)10-17(21(2,19)20)15-9-8-13-7-6-12-4-3-5-14(15)16(12)13/h3-5,8-9H,6-7,10H2,1-2H3. The Labute approximate surface area is 124 Å². The second kappa shape index (κ2) is 4.84. The Morgan fingerprint density at radius 3 is 2.43 bits per heavy atom. The van der Waals surface area contributed by atoms with Crippen molar-refractivity contribution in [3.63, 3.8) is 0 Å². The highest BCUT2D eigenvalue weighted by Crippen LogP contribution is 2.37. The maximum absolute atomic E-state index is 12.1. The molecule has 5 heteroatoms. The van der Waals surface area contributed by atoms with Crippen LogP contribution in [-0.4, -0.2) is 27.0 Å². The van der Waals surface area contributed by atoms with E-state index >= 15 is 0 Å². The summed E-state index contributed by atoms with van der Waals surface area (Å²) in [7, 11) is -3.50. The van der Waals surface area contributed by atoms with Crippen LogP contribution in [0.4, 0.5) is 5.69 Å². The summed E-state index contributed by atoms with van der Waals surface area (Å²) in [4.78, 5) is 11.5. The molecule has 110 valence electrons. The summed E-state index contributed by atoms with van der Waals surface area (Å²) in [5.41, 5.74) is 3.09. The van der Waals surface area contributed by atoms with Gasteiger partial charge in [0.2, 0.25) is 10.0 Å². The van der Waals surface area contributed by atoms with E-state index in [1.54, 1.807) is 0 Å². The topological polar surface area (TPSA) is 54.5 Å². The van der Waals surface area contributed by atoms with Gasteiger partial charge < -0.3 is 0 Å². The van der Waals surface area contributed by atoms with Crippen LogP contribution in [-0.2, 0) is 27.7 Å². The molecule has 0 amide bonds. The number of nitrogens with zero attached hydrogens (tertiary/aromatic N) is 1. The van der Waals surface area contributed by atoms with Gasteiger partial charge in [-0.2, -0.15) is 0 Å². The Balaban J connectivity index is 2.27. The Bertz CT molecular complexity index is 830. The number of hydrogen-bond donors (Lipinski definition) is 0.